The topological polar surface area (TPSA) is 50.8 Å². The predicted molar refractivity (Wildman–Crippen MR) is 68.5 cm³/mol. The molecule has 0 fully saturated rings. The zero-order valence-corrected chi connectivity index (χ0v) is 10.5. The van der Waals surface area contributed by atoms with E-state index < -0.39 is 0 Å². The molecule has 3 rings (SSSR count). The number of anilines is 2. The second-order valence-corrected chi connectivity index (χ2v) is 4.46. The van der Waals surface area contributed by atoms with Gasteiger partial charge in [-0.2, -0.15) is 0 Å². The summed E-state index contributed by atoms with van der Waals surface area (Å²) in [6.07, 6.45) is 0. The molecule has 96 valence electrons. The van der Waals surface area contributed by atoms with Crippen molar-refractivity contribution < 1.29 is 14.3 Å². The Morgan fingerprint density at radius 3 is 2.67 bits per heavy atom. The van der Waals surface area contributed by atoms with Crippen molar-refractivity contribution in [2.75, 3.05) is 30.0 Å². The minimum atomic E-state index is -0.208. The molecule has 0 aliphatic carbocycles. The number of hydrogen-bond donors (Lipinski definition) is 1. The highest BCUT2D eigenvalue weighted by Gasteiger charge is 2.30. The molecule has 0 saturated carbocycles. The molecule has 1 aromatic rings. The molecule has 0 saturated heterocycles. The first-order chi connectivity index (χ1) is 8.70. The number of nitrogens with one attached hydrogen (secondary N) is 1. The molecule has 0 bridgehead atoms. The van der Waals surface area contributed by atoms with Crippen LogP contribution in [0.25, 0.3) is 0 Å². The number of nitrogens with zero attached hydrogens (tertiary/aromatic N) is 1. The van der Waals surface area contributed by atoms with Crippen LogP contribution in [0.15, 0.2) is 12.1 Å². The van der Waals surface area contributed by atoms with Crippen LogP contribution in [0.3, 0.4) is 0 Å². The Morgan fingerprint density at radius 1 is 1.33 bits per heavy atom. The van der Waals surface area contributed by atoms with E-state index in [1.54, 1.807) is 4.90 Å². The van der Waals surface area contributed by atoms with E-state index in [9.17, 15) is 4.79 Å². The zero-order valence-electron chi connectivity index (χ0n) is 10.5. The molecule has 1 unspecified atom stereocenters. The predicted octanol–water partition coefficient (Wildman–Crippen LogP) is 1.62. The van der Waals surface area contributed by atoms with Gasteiger partial charge < -0.3 is 19.7 Å². The summed E-state index contributed by atoms with van der Waals surface area (Å²) in [5.74, 6) is 1.54. The van der Waals surface area contributed by atoms with Gasteiger partial charge in [0.1, 0.15) is 19.3 Å². The smallest absolute Gasteiger partial charge is 0.249 e. The van der Waals surface area contributed by atoms with Crippen LogP contribution in [0.1, 0.15) is 13.8 Å². The molecular formula is C13H16N2O3. The maximum absolute atomic E-state index is 12.1. The monoisotopic (exact) mass is 248 g/mol. The van der Waals surface area contributed by atoms with E-state index in [2.05, 4.69) is 5.32 Å². The van der Waals surface area contributed by atoms with Crippen molar-refractivity contribution in [3.05, 3.63) is 12.1 Å². The number of amides is 1. The molecule has 0 radical (unpaired) electrons. The van der Waals surface area contributed by atoms with Gasteiger partial charge in [0.15, 0.2) is 11.5 Å². The summed E-state index contributed by atoms with van der Waals surface area (Å²) in [6, 6.07) is 3.58. The van der Waals surface area contributed by atoms with Gasteiger partial charge >= 0.3 is 0 Å². The lowest BCUT2D eigenvalue weighted by Crippen LogP contribution is -2.45. The highest BCUT2D eigenvalue weighted by atomic mass is 16.6. The van der Waals surface area contributed by atoms with Gasteiger partial charge in [0.2, 0.25) is 5.91 Å². The largest absolute Gasteiger partial charge is 0.486 e. The summed E-state index contributed by atoms with van der Waals surface area (Å²) < 4.78 is 11.1. The Labute approximate surface area is 106 Å². The van der Waals surface area contributed by atoms with Gasteiger partial charge in [0.25, 0.3) is 0 Å². The normalized spacial score (nSPS) is 21.3. The van der Waals surface area contributed by atoms with Crippen LogP contribution < -0.4 is 19.7 Å². The molecule has 1 atom stereocenters. The molecule has 5 heteroatoms. The maximum atomic E-state index is 12.1. The van der Waals surface area contributed by atoms with Crippen molar-refractivity contribution in [2.45, 2.75) is 19.9 Å². The van der Waals surface area contributed by atoms with Gasteiger partial charge in [-0.05, 0) is 13.8 Å². The number of rotatable bonds is 1. The fourth-order valence-electron chi connectivity index (χ4n) is 2.39. The number of ether oxygens (including phenoxy) is 2. The SMILES string of the molecule is CCN1C(=O)C(C)Nc2cc3c(cc21)OCCO3. The summed E-state index contributed by atoms with van der Waals surface area (Å²) in [5.41, 5.74) is 1.79. The molecule has 5 nitrogen and oxygen atoms in total. The molecule has 18 heavy (non-hydrogen) atoms. The molecule has 2 heterocycles. The van der Waals surface area contributed by atoms with E-state index in [0.29, 0.717) is 25.5 Å². The summed E-state index contributed by atoms with van der Waals surface area (Å²) in [4.78, 5) is 13.9. The van der Waals surface area contributed by atoms with Gasteiger partial charge in [-0.3, -0.25) is 4.79 Å². The van der Waals surface area contributed by atoms with Crippen LogP contribution in [0.5, 0.6) is 11.5 Å². The Morgan fingerprint density at radius 2 is 2.00 bits per heavy atom. The number of likely N-dealkylation sites (N-methyl/N-ethyl adjacent to an activating group) is 1. The van der Waals surface area contributed by atoms with Crippen LogP contribution in [-0.4, -0.2) is 31.7 Å². The Balaban J connectivity index is 2.09. The van der Waals surface area contributed by atoms with Gasteiger partial charge in [0.05, 0.1) is 11.4 Å². The molecule has 2 aliphatic heterocycles. The van der Waals surface area contributed by atoms with Gasteiger partial charge in [-0.15, -0.1) is 0 Å². The maximum Gasteiger partial charge on any atom is 0.249 e. The second kappa shape index (κ2) is 4.08. The van der Waals surface area contributed by atoms with Crippen LogP contribution in [0.4, 0.5) is 11.4 Å². The minimum Gasteiger partial charge on any atom is -0.486 e. The van der Waals surface area contributed by atoms with Crippen LogP contribution >= 0.6 is 0 Å². The van der Waals surface area contributed by atoms with E-state index in [-0.39, 0.29) is 11.9 Å². The van der Waals surface area contributed by atoms with Crippen molar-refractivity contribution in [3.8, 4) is 11.5 Å². The summed E-state index contributed by atoms with van der Waals surface area (Å²) in [6.45, 7) is 5.60. The highest BCUT2D eigenvalue weighted by Crippen LogP contribution is 2.42. The fraction of sp³-hybridized carbons (Fsp3) is 0.462. The molecule has 0 aromatic heterocycles. The zero-order chi connectivity index (χ0) is 12.7. The van der Waals surface area contributed by atoms with Crippen molar-refractivity contribution in [1.29, 1.82) is 0 Å². The third-order valence-electron chi connectivity index (χ3n) is 3.28. The highest BCUT2D eigenvalue weighted by molar-refractivity contribution is 6.05. The van der Waals surface area contributed by atoms with E-state index in [4.69, 9.17) is 9.47 Å². The molecule has 1 N–H and O–H groups in total. The number of hydrogen-bond acceptors (Lipinski definition) is 4. The lowest BCUT2D eigenvalue weighted by molar-refractivity contribution is -0.119. The Kier molecular flexibility index (Phi) is 2.54. The van der Waals surface area contributed by atoms with E-state index in [1.807, 2.05) is 26.0 Å². The summed E-state index contributed by atoms with van der Waals surface area (Å²) in [7, 11) is 0. The third-order valence-corrected chi connectivity index (χ3v) is 3.28. The Bertz CT molecular complexity index is 501. The average molecular weight is 248 g/mol. The molecule has 1 amide bonds. The molecule has 1 aromatic carbocycles. The number of fused-ring (bicyclic) bond motifs is 2. The lowest BCUT2D eigenvalue weighted by atomic mass is 10.1. The van der Waals surface area contributed by atoms with E-state index >= 15 is 0 Å². The number of carbonyl (C=O) groups excluding carboxylic acids is 1. The van der Waals surface area contributed by atoms with E-state index in [1.165, 1.54) is 0 Å². The second-order valence-electron chi connectivity index (χ2n) is 4.46. The van der Waals surface area contributed by atoms with Crippen molar-refractivity contribution in [2.24, 2.45) is 0 Å². The van der Waals surface area contributed by atoms with E-state index in [0.717, 1.165) is 17.1 Å². The van der Waals surface area contributed by atoms with Crippen molar-refractivity contribution in [1.82, 2.24) is 0 Å². The lowest BCUT2D eigenvalue weighted by Gasteiger charge is -2.34. The molecular weight excluding hydrogens is 232 g/mol. The fourth-order valence-corrected chi connectivity index (χ4v) is 2.39. The van der Waals surface area contributed by atoms with Crippen LogP contribution in [-0.2, 0) is 4.79 Å². The molecule has 0 spiro atoms. The van der Waals surface area contributed by atoms with Gasteiger partial charge in [-0.1, -0.05) is 0 Å². The average Bonchev–Trinajstić information content (AvgIpc) is 2.38. The summed E-state index contributed by atoms with van der Waals surface area (Å²) in [5, 5.41) is 3.20. The third kappa shape index (κ3) is 1.58. The number of benzene rings is 1. The van der Waals surface area contributed by atoms with Crippen LogP contribution in [0, 0.1) is 0 Å². The quantitative estimate of drug-likeness (QED) is 0.820. The van der Waals surface area contributed by atoms with Crippen molar-refractivity contribution >= 4 is 17.3 Å². The first kappa shape index (κ1) is 11.2. The first-order valence-corrected chi connectivity index (χ1v) is 6.22. The standard InChI is InChI=1S/C13H16N2O3/c1-3-15-10-7-12-11(17-4-5-18-12)6-9(10)14-8(2)13(15)16/h6-8,14H,3-5H2,1-2H3. The van der Waals surface area contributed by atoms with Crippen molar-refractivity contribution in [3.63, 3.8) is 0 Å². The minimum absolute atomic E-state index is 0.0849. The number of carbonyl (C=O) groups is 1. The van der Waals surface area contributed by atoms with Crippen LogP contribution in [0.2, 0.25) is 0 Å². The first-order valence-electron chi connectivity index (χ1n) is 6.22. The Hall–Kier alpha value is -1.91. The van der Waals surface area contributed by atoms with Gasteiger partial charge in [0, 0.05) is 18.7 Å². The summed E-state index contributed by atoms with van der Waals surface area (Å²) >= 11 is 0. The molecule has 2 aliphatic rings. The van der Waals surface area contributed by atoms with Gasteiger partial charge in [-0.25, -0.2) is 0 Å².